The molecule has 0 N–H and O–H groups in total. The summed E-state index contributed by atoms with van der Waals surface area (Å²) in [7, 11) is 1.57. The number of carbonyl (C=O) groups excluding carboxylic acids is 1. The van der Waals surface area contributed by atoms with Gasteiger partial charge in [-0.05, 0) is 62.6 Å². The highest BCUT2D eigenvalue weighted by atomic mass is 35.5. The van der Waals surface area contributed by atoms with Crippen molar-refractivity contribution in [3.63, 3.8) is 0 Å². The van der Waals surface area contributed by atoms with Crippen LogP contribution in [-0.4, -0.2) is 59.0 Å². The van der Waals surface area contributed by atoms with Crippen molar-refractivity contribution in [3.8, 4) is 22.9 Å². The maximum Gasteiger partial charge on any atom is 0.262 e. The van der Waals surface area contributed by atoms with Crippen LogP contribution in [0.1, 0.15) is 49.5 Å². The van der Waals surface area contributed by atoms with E-state index in [0.29, 0.717) is 57.5 Å². The third kappa shape index (κ3) is 6.10. The number of rotatable bonds is 9. The average Bonchev–Trinajstić information content (AvgIpc) is 3.54. The molecule has 3 aromatic carbocycles. The minimum absolute atomic E-state index is 0.0119. The first-order valence-electron chi connectivity index (χ1n) is 16.3. The number of ether oxygens (including phenoxy) is 3. The molecule has 3 aliphatic rings. The first-order chi connectivity index (χ1) is 23.3. The van der Waals surface area contributed by atoms with E-state index >= 15 is 0 Å². The van der Waals surface area contributed by atoms with Crippen LogP contribution in [0.4, 0.5) is 5.69 Å². The van der Waals surface area contributed by atoms with E-state index in [1.807, 2.05) is 66.6 Å². The van der Waals surface area contributed by atoms with E-state index in [1.54, 1.807) is 42.0 Å². The van der Waals surface area contributed by atoms with Gasteiger partial charge in [0.15, 0.2) is 11.5 Å². The molecule has 0 saturated carbocycles. The quantitative estimate of drug-likeness (QED) is 0.183. The van der Waals surface area contributed by atoms with E-state index in [9.17, 15) is 9.59 Å². The molecular formula is C38H37ClN4O5. The first-order valence-corrected chi connectivity index (χ1v) is 16.7. The molecule has 1 fully saturated rings. The summed E-state index contributed by atoms with van der Waals surface area (Å²) < 4.78 is 20.0. The van der Waals surface area contributed by atoms with Gasteiger partial charge in [0.1, 0.15) is 17.7 Å². The van der Waals surface area contributed by atoms with E-state index in [-0.39, 0.29) is 35.6 Å². The Balaban J connectivity index is 1.04. The lowest BCUT2D eigenvalue weighted by Gasteiger charge is -2.25. The third-order valence-corrected chi connectivity index (χ3v) is 9.59. The molecule has 246 valence electrons. The van der Waals surface area contributed by atoms with Crippen molar-refractivity contribution in [2.24, 2.45) is 10.9 Å². The molecule has 0 radical (unpaired) electrons. The molecule has 3 heterocycles. The Morgan fingerprint density at radius 3 is 2.62 bits per heavy atom. The van der Waals surface area contributed by atoms with Gasteiger partial charge in [0.05, 0.1) is 48.0 Å². The van der Waals surface area contributed by atoms with Crippen molar-refractivity contribution >= 4 is 40.3 Å². The summed E-state index contributed by atoms with van der Waals surface area (Å²) in [6.07, 6.45) is 10.0. The Bertz CT molecular complexity index is 2020. The predicted octanol–water partition coefficient (Wildman–Crippen LogP) is 7.55. The summed E-state index contributed by atoms with van der Waals surface area (Å²) in [5, 5.41) is 0.973. The SMILES string of the molecule is COc1cc2c(cc1OC(C)C(C)COC1=CCC(n3c(-c4ccccc4)nc4ccc(Cl)cc4c3=O)C=C1)N=CC1CCCN1C2=O. The van der Waals surface area contributed by atoms with Crippen molar-refractivity contribution in [1.82, 2.24) is 14.5 Å². The first kappa shape index (κ1) is 31.7. The molecule has 10 heteroatoms. The molecule has 9 nitrogen and oxygen atoms in total. The molecule has 1 aromatic heterocycles. The third-order valence-electron chi connectivity index (χ3n) is 9.35. The summed E-state index contributed by atoms with van der Waals surface area (Å²) in [6.45, 7) is 5.19. The Morgan fingerprint density at radius 1 is 1.02 bits per heavy atom. The number of allylic oxidation sites excluding steroid dienone is 3. The summed E-state index contributed by atoms with van der Waals surface area (Å²) in [6, 6.07) is 18.3. The number of hydrogen-bond acceptors (Lipinski definition) is 7. The number of aliphatic imine (C=N–C) groups is 1. The van der Waals surface area contributed by atoms with Gasteiger partial charge in [0.2, 0.25) is 0 Å². The summed E-state index contributed by atoms with van der Waals surface area (Å²) in [4.78, 5) is 38.5. The fourth-order valence-corrected chi connectivity index (χ4v) is 6.61. The molecule has 1 amide bonds. The second-order valence-corrected chi connectivity index (χ2v) is 13.0. The van der Waals surface area contributed by atoms with Gasteiger partial charge in [0, 0.05) is 35.3 Å². The Hall–Kier alpha value is -4.89. The van der Waals surface area contributed by atoms with E-state index < -0.39 is 0 Å². The van der Waals surface area contributed by atoms with Crippen molar-refractivity contribution < 1.29 is 19.0 Å². The van der Waals surface area contributed by atoms with Gasteiger partial charge in [-0.3, -0.25) is 19.1 Å². The number of fused-ring (bicyclic) bond motifs is 3. The molecule has 48 heavy (non-hydrogen) atoms. The molecule has 0 bridgehead atoms. The molecule has 2 aliphatic heterocycles. The van der Waals surface area contributed by atoms with E-state index in [2.05, 4.69) is 11.9 Å². The molecule has 1 aliphatic carbocycles. The monoisotopic (exact) mass is 664 g/mol. The van der Waals surface area contributed by atoms with Crippen molar-refractivity contribution in [2.75, 3.05) is 20.3 Å². The zero-order valence-electron chi connectivity index (χ0n) is 27.1. The topological polar surface area (TPSA) is 95.2 Å². The largest absolute Gasteiger partial charge is 0.494 e. The van der Waals surface area contributed by atoms with E-state index in [0.717, 1.165) is 30.7 Å². The van der Waals surface area contributed by atoms with Crippen molar-refractivity contribution in [2.45, 2.75) is 51.3 Å². The highest BCUT2D eigenvalue weighted by Crippen LogP contribution is 2.39. The van der Waals surface area contributed by atoms with E-state index in [4.69, 9.17) is 30.8 Å². The predicted molar refractivity (Wildman–Crippen MR) is 188 cm³/mol. The van der Waals surface area contributed by atoms with Crippen LogP contribution in [0.3, 0.4) is 0 Å². The molecule has 4 aromatic rings. The molecule has 0 spiro atoms. The van der Waals surface area contributed by atoms with Crippen LogP contribution in [0.25, 0.3) is 22.3 Å². The van der Waals surface area contributed by atoms with Gasteiger partial charge < -0.3 is 19.1 Å². The van der Waals surface area contributed by atoms with Gasteiger partial charge >= 0.3 is 0 Å². The number of methoxy groups -OCH3 is 1. The van der Waals surface area contributed by atoms with Crippen LogP contribution in [0.15, 0.2) is 94.4 Å². The normalized spacial score (nSPS) is 19.7. The minimum Gasteiger partial charge on any atom is -0.494 e. The highest BCUT2D eigenvalue weighted by Gasteiger charge is 2.33. The van der Waals surface area contributed by atoms with Crippen LogP contribution in [-0.2, 0) is 4.74 Å². The Labute approximate surface area is 284 Å². The standard InChI is InChI=1S/C38H37ClN4O5/c1-23(24(2)48-35-20-33-31(19-34(35)46-3)37(44)42-17-7-10-28(42)21-40-33)22-47-29-14-12-27(13-15-29)43-36(25-8-5-4-6-9-25)41-32-16-11-26(39)18-30(32)38(43)45/h4-6,8-9,11-12,14-16,18-21,23-24,27-28H,7,10,13,17,22H2,1-3H3. The lowest BCUT2D eigenvalue weighted by molar-refractivity contribution is 0.0774. The zero-order valence-corrected chi connectivity index (χ0v) is 27.9. The fourth-order valence-electron chi connectivity index (χ4n) is 6.44. The van der Waals surface area contributed by atoms with Crippen molar-refractivity contribution in [3.05, 3.63) is 106 Å². The van der Waals surface area contributed by atoms with Crippen LogP contribution >= 0.6 is 11.6 Å². The van der Waals surface area contributed by atoms with Crippen molar-refractivity contribution in [1.29, 1.82) is 0 Å². The number of aromatic nitrogens is 2. The number of hydrogen-bond donors (Lipinski definition) is 0. The van der Waals surface area contributed by atoms with Crippen LogP contribution < -0.4 is 15.0 Å². The Morgan fingerprint density at radius 2 is 1.85 bits per heavy atom. The fraction of sp³-hybridized carbons (Fsp3) is 0.316. The van der Waals surface area contributed by atoms with Crippen LogP contribution in [0.2, 0.25) is 5.02 Å². The summed E-state index contributed by atoms with van der Waals surface area (Å²) in [5.41, 5.74) is 2.44. The second kappa shape index (κ2) is 13.3. The number of amides is 1. The van der Waals surface area contributed by atoms with Crippen LogP contribution in [0.5, 0.6) is 11.5 Å². The van der Waals surface area contributed by atoms with Gasteiger partial charge in [-0.2, -0.15) is 0 Å². The molecule has 7 rings (SSSR count). The second-order valence-electron chi connectivity index (χ2n) is 12.5. The maximum absolute atomic E-state index is 13.8. The van der Waals surface area contributed by atoms with Gasteiger partial charge in [0.25, 0.3) is 11.5 Å². The van der Waals surface area contributed by atoms with Crippen LogP contribution in [0, 0.1) is 5.92 Å². The molecule has 4 unspecified atom stereocenters. The Kier molecular flexibility index (Phi) is 8.79. The molecule has 4 atom stereocenters. The maximum atomic E-state index is 13.8. The van der Waals surface area contributed by atoms with Gasteiger partial charge in [-0.1, -0.05) is 54.9 Å². The summed E-state index contributed by atoms with van der Waals surface area (Å²) >= 11 is 6.25. The molecule has 1 saturated heterocycles. The smallest absolute Gasteiger partial charge is 0.262 e. The summed E-state index contributed by atoms with van der Waals surface area (Å²) in [5.74, 6) is 2.35. The molecular weight excluding hydrogens is 628 g/mol. The van der Waals surface area contributed by atoms with E-state index in [1.165, 1.54) is 0 Å². The van der Waals surface area contributed by atoms with Gasteiger partial charge in [-0.25, -0.2) is 4.98 Å². The lowest BCUT2D eigenvalue weighted by atomic mass is 10.0. The highest BCUT2D eigenvalue weighted by molar-refractivity contribution is 6.31. The van der Waals surface area contributed by atoms with Gasteiger partial charge in [-0.15, -0.1) is 0 Å². The number of carbonyl (C=O) groups is 1. The minimum atomic E-state index is -0.248. The average molecular weight is 665 g/mol. The number of halogens is 1. The number of benzene rings is 3. The number of nitrogens with zero attached hydrogens (tertiary/aromatic N) is 4. The lowest BCUT2D eigenvalue weighted by Crippen LogP contribution is -2.35. The zero-order chi connectivity index (χ0) is 33.4.